The number of benzene rings is 1. The van der Waals surface area contributed by atoms with Crippen LogP contribution in [0, 0.1) is 0 Å². The Balaban J connectivity index is 2.51. The minimum Gasteiger partial charge on any atom is -0.478 e. The Labute approximate surface area is 123 Å². The summed E-state index contributed by atoms with van der Waals surface area (Å²) in [6, 6.07) is 1.93. The molecule has 1 aromatic carbocycles. The molecule has 2 rings (SSSR count). The molecule has 0 aliphatic heterocycles. The molecule has 1 heterocycles. The number of anilines is 1. The fourth-order valence-electron chi connectivity index (χ4n) is 1.36. The number of sulfonamides is 1. The van der Waals surface area contributed by atoms with E-state index in [1.807, 2.05) is 0 Å². The first-order valence-corrected chi connectivity index (χ1v) is 7.19. The quantitative estimate of drug-likeness (QED) is 0.887. The molecule has 0 aliphatic carbocycles. The normalized spacial score (nSPS) is 11.3. The van der Waals surface area contributed by atoms with Gasteiger partial charge in [0.1, 0.15) is 16.8 Å². The van der Waals surface area contributed by atoms with Gasteiger partial charge in [0.05, 0.1) is 21.8 Å². The molecular weight excluding hydrogens is 331 g/mol. The first-order valence-electron chi connectivity index (χ1n) is 4.96. The van der Waals surface area contributed by atoms with Gasteiger partial charge in [-0.15, -0.1) is 0 Å². The van der Waals surface area contributed by atoms with Crippen molar-refractivity contribution in [1.82, 2.24) is 5.16 Å². The molecule has 2 N–H and O–H groups in total. The molecule has 0 amide bonds. The van der Waals surface area contributed by atoms with Gasteiger partial charge in [-0.25, -0.2) is 13.2 Å². The summed E-state index contributed by atoms with van der Waals surface area (Å²) < 4.78 is 30.8. The first kappa shape index (κ1) is 14.6. The van der Waals surface area contributed by atoms with E-state index < -0.39 is 20.9 Å². The van der Waals surface area contributed by atoms with Gasteiger partial charge in [0.2, 0.25) is 0 Å². The molecule has 0 fully saturated rings. The topological polar surface area (TPSA) is 110 Å². The van der Waals surface area contributed by atoms with E-state index in [2.05, 4.69) is 14.4 Å². The van der Waals surface area contributed by atoms with Crippen molar-refractivity contribution < 1.29 is 22.8 Å². The molecule has 7 nitrogen and oxygen atoms in total. The molecule has 10 heteroatoms. The summed E-state index contributed by atoms with van der Waals surface area (Å²) in [7, 11) is -4.09. The van der Waals surface area contributed by atoms with Crippen LogP contribution in [0.3, 0.4) is 0 Å². The number of nitrogens with zero attached hydrogens (tertiary/aromatic N) is 1. The monoisotopic (exact) mass is 336 g/mol. The third-order valence-corrected chi connectivity index (χ3v) is 4.38. The molecule has 0 saturated heterocycles. The number of aromatic carboxylic acids is 1. The van der Waals surface area contributed by atoms with Gasteiger partial charge < -0.3 is 9.63 Å². The van der Waals surface area contributed by atoms with Crippen LogP contribution < -0.4 is 4.72 Å². The molecule has 1 aromatic heterocycles. The van der Waals surface area contributed by atoms with Crippen LogP contribution in [-0.2, 0) is 10.0 Å². The molecule has 0 unspecified atom stereocenters. The number of rotatable bonds is 4. The average Bonchev–Trinajstić information content (AvgIpc) is 2.79. The van der Waals surface area contributed by atoms with Crippen molar-refractivity contribution in [3.8, 4) is 0 Å². The van der Waals surface area contributed by atoms with Gasteiger partial charge in [0, 0.05) is 0 Å². The van der Waals surface area contributed by atoms with E-state index in [-0.39, 0.29) is 21.3 Å². The number of aromatic nitrogens is 1. The van der Waals surface area contributed by atoms with Crippen molar-refractivity contribution in [3.63, 3.8) is 0 Å². The maximum Gasteiger partial charge on any atom is 0.337 e. The van der Waals surface area contributed by atoms with E-state index in [0.717, 1.165) is 24.6 Å². The number of carboxylic acid groups (broad SMARTS) is 1. The molecule has 0 radical (unpaired) electrons. The number of hydrogen-bond donors (Lipinski definition) is 2. The predicted octanol–water partition coefficient (Wildman–Crippen LogP) is 2.48. The van der Waals surface area contributed by atoms with E-state index >= 15 is 0 Å². The van der Waals surface area contributed by atoms with Crippen LogP contribution in [0.1, 0.15) is 10.4 Å². The highest BCUT2D eigenvalue weighted by Gasteiger charge is 2.23. The Morgan fingerprint density at radius 1 is 1.30 bits per heavy atom. The zero-order chi connectivity index (χ0) is 14.9. The lowest BCUT2D eigenvalue weighted by Crippen LogP contribution is -2.14. The lowest BCUT2D eigenvalue weighted by Gasteiger charge is -2.09. The molecule has 2 aromatic rings. The Kier molecular flexibility index (Phi) is 3.89. The maximum atomic E-state index is 12.1. The zero-order valence-electron chi connectivity index (χ0n) is 9.50. The third-order valence-electron chi connectivity index (χ3n) is 2.23. The molecular formula is C10H6Cl2N2O5S. The largest absolute Gasteiger partial charge is 0.478 e. The van der Waals surface area contributed by atoms with Gasteiger partial charge in [0.25, 0.3) is 10.0 Å². The average molecular weight is 337 g/mol. The Morgan fingerprint density at radius 2 is 2.00 bits per heavy atom. The zero-order valence-corrected chi connectivity index (χ0v) is 11.8. The highest BCUT2D eigenvalue weighted by atomic mass is 35.5. The van der Waals surface area contributed by atoms with E-state index in [4.69, 9.17) is 28.3 Å². The number of carbonyl (C=O) groups is 1. The van der Waals surface area contributed by atoms with Gasteiger partial charge in [0.15, 0.2) is 0 Å². The molecule has 0 aliphatic rings. The van der Waals surface area contributed by atoms with Crippen LogP contribution in [0.15, 0.2) is 34.0 Å². The van der Waals surface area contributed by atoms with Gasteiger partial charge in [-0.3, -0.25) is 4.72 Å². The molecule has 0 spiro atoms. The SMILES string of the molecule is O=C(O)c1cc(S(=O)(=O)Nc2cnoc2)c(Cl)cc1Cl. The van der Waals surface area contributed by atoms with Gasteiger partial charge in [-0.1, -0.05) is 28.4 Å². The second kappa shape index (κ2) is 5.31. The minimum absolute atomic E-state index is 0.0768. The van der Waals surface area contributed by atoms with Crippen molar-refractivity contribution >= 4 is 44.9 Å². The van der Waals surface area contributed by atoms with Crippen LogP contribution in [0.5, 0.6) is 0 Å². The second-order valence-electron chi connectivity index (χ2n) is 3.59. The molecule has 106 valence electrons. The minimum atomic E-state index is -4.09. The van der Waals surface area contributed by atoms with Crippen molar-refractivity contribution in [1.29, 1.82) is 0 Å². The Bertz CT molecular complexity index is 758. The van der Waals surface area contributed by atoms with Crippen LogP contribution >= 0.6 is 23.2 Å². The van der Waals surface area contributed by atoms with Crippen LogP contribution in [0.2, 0.25) is 10.0 Å². The predicted molar refractivity (Wildman–Crippen MR) is 70.7 cm³/mol. The summed E-state index contributed by atoms with van der Waals surface area (Å²) in [6.45, 7) is 0. The van der Waals surface area contributed by atoms with Gasteiger partial charge in [-0.2, -0.15) is 0 Å². The first-order chi connectivity index (χ1) is 9.31. The molecule has 0 saturated carbocycles. The Morgan fingerprint density at radius 3 is 2.55 bits per heavy atom. The van der Waals surface area contributed by atoms with Crippen LogP contribution in [0.25, 0.3) is 0 Å². The highest BCUT2D eigenvalue weighted by Crippen LogP contribution is 2.29. The summed E-state index contributed by atoms with van der Waals surface area (Å²) in [5.74, 6) is -1.37. The molecule has 20 heavy (non-hydrogen) atoms. The lowest BCUT2D eigenvalue weighted by molar-refractivity contribution is 0.0697. The standard InChI is InChI=1S/C10H6Cl2N2O5S/c11-7-2-8(12)9(1-6(7)10(15)16)20(17,18)14-5-3-13-19-4-5/h1-4,14H,(H,15,16). The second-order valence-corrected chi connectivity index (χ2v) is 6.05. The fourth-order valence-corrected chi connectivity index (χ4v) is 3.24. The number of nitrogens with one attached hydrogen (secondary N) is 1. The van der Waals surface area contributed by atoms with E-state index in [1.165, 1.54) is 0 Å². The molecule has 0 bridgehead atoms. The smallest absolute Gasteiger partial charge is 0.337 e. The number of hydrogen-bond acceptors (Lipinski definition) is 5. The van der Waals surface area contributed by atoms with Crippen molar-refractivity contribution in [2.24, 2.45) is 0 Å². The number of halogens is 2. The van der Waals surface area contributed by atoms with Crippen LogP contribution in [0.4, 0.5) is 5.69 Å². The summed E-state index contributed by atoms with van der Waals surface area (Å²) in [5.41, 5.74) is -0.297. The summed E-state index contributed by atoms with van der Waals surface area (Å²) in [5, 5.41) is 11.9. The highest BCUT2D eigenvalue weighted by molar-refractivity contribution is 7.92. The summed E-state index contributed by atoms with van der Waals surface area (Å²) in [6.07, 6.45) is 2.21. The fraction of sp³-hybridized carbons (Fsp3) is 0. The Hall–Kier alpha value is -1.77. The van der Waals surface area contributed by atoms with E-state index in [9.17, 15) is 13.2 Å². The van der Waals surface area contributed by atoms with Crippen molar-refractivity contribution in [3.05, 3.63) is 40.2 Å². The molecule has 0 atom stereocenters. The van der Waals surface area contributed by atoms with E-state index in [0.29, 0.717) is 0 Å². The summed E-state index contributed by atoms with van der Waals surface area (Å²) in [4.78, 5) is 10.5. The van der Waals surface area contributed by atoms with Gasteiger partial charge >= 0.3 is 5.97 Å². The number of carboxylic acids is 1. The van der Waals surface area contributed by atoms with Crippen molar-refractivity contribution in [2.45, 2.75) is 4.90 Å². The van der Waals surface area contributed by atoms with E-state index in [1.54, 1.807) is 0 Å². The third kappa shape index (κ3) is 2.87. The lowest BCUT2D eigenvalue weighted by atomic mass is 10.2. The maximum absolute atomic E-state index is 12.1. The van der Waals surface area contributed by atoms with Crippen LogP contribution in [-0.4, -0.2) is 24.7 Å². The van der Waals surface area contributed by atoms with Crippen molar-refractivity contribution in [2.75, 3.05) is 4.72 Å². The summed E-state index contributed by atoms with van der Waals surface area (Å²) >= 11 is 11.5. The van der Waals surface area contributed by atoms with Gasteiger partial charge in [-0.05, 0) is 12.1 Å².